The van der Waals surface area contributed by atoms with Crippen LogP contribution in [0.25, 0.3) is 0 Å². The molecule has 0 fully saturated rings. The molecule has 0 aliphatic carbocycles. The normalized spacial score (nSPS) is 13.0. The van der Waals surface area contributed by atoms with Crippen molar-refractivity contribution in [3.63, 3.8) is 0 Å². The molecule has 1 aromatic heterocycles. The Kier molecular flexibility index (Phi) is 5.32. The standard InChI is InChI=1S/C9H12BrCl2NO2S2/c1-9(2,4-11)5-13-17(14,15)7-3-6(12)8(10)16-7/h3,13H,4-5H2,1-2H3. The highest BCUT2D eigenvalue weighted by Gasteiger charge is 2.23. The van der Waals surface area contributed by atoms with Crippen molar-refractivity contribution in [3.05, 3.63) is 14.9 Å². The molecular weight excluding hydrogens is 369 g/mol. The molecule has 0 spiro atoms. The molecule has 1 heterocycles. The van der Waals surface area contributed by atoms with E-state index in [9.17, 15) is 8.42 Å². The Morgan fingerprint density at radius 3 is 2.53 bits per heavy atom. The summed E-state index contributed by atoms with van der Waals surface area (Å²) in [6.45, 7) is 4.06. The van der Waals surface area contributed by atoms with Gasteiger partial charge in [-0.1, -0.05) is 25.4 Å². The Balaban J connectivity index is 2.83. The molecule has 1 rings (SSSR count). The number of hydrogen-bond donors (Lipinski definition) is 1. The maximum absolute atomic E-state index is 11.9. The summed E-state index contributed by atoms with van der Waals surface area (Å²) in [6.07, 6.45) is 0. The van der Waals surface area contributed by atoms with Gasteiger partial charge in [-0.05, 0) is 27.4 Å². The van der Waals surface area contributed by atoms with Gasteiger partial charge in [0, 0.05) is 12.4 Å². The van der Waals surface area contributed by atoms with Crippen LogP contribution in [0.3, 0.4) is 0 Å². The number of thiophene rings is 1. The molecule has 3 nitrogen and oxygen atoms in total. The number of sulfonamides is 1. The van der Waals surface area contributed by atoms with Crippen LogP contribution in [0.2, 0.25) is 5.02 Å². The molecule has 0 bridgehead atoms. The summed E-state index contributed by atoms with van der Waals surface area (Å²) < 4.78 is 27.2. The number of hydrogen-bond acceptors (Lipinski definition) is 3. The van der Waals surface area contributed by atoms with Crippen LogP contribution in [0.5, 0.6) is 0 Å². The number of rotatable bonds is 5. The Hall–Kier alpha value is 0.670. The number of nitrogens with one attached hydrogen (secondary N) is 1. The van der Waals surface area contributed by atoms with Crippen molar-refractivity contribution in [2.24, 2.45) is 5.41 Å². The topological polar surface area (TPSA) is 46.2 Å². The van der Waals surface area contributed by atoms with Crippen LogP contribution in [0.4, 0.5) is 0 Å². The second kappa shape index (κ2) is 5.75. The summed E-state index contributed by atoms with van der Waals surface area (Å²) in [5.41, 5.74) is -0.285. The number of halogens is 3. The lowest BCUT2D eigenvalue weighted by atomic mass is 9.97. The fourth-order valence-electron chi connectivity index (χ4n) is 0.868. The summed E-state index contributed by atoms with van der Waals surface area (Å²) in [5, 5.41) is 0.395. The summed E-state index contributed by atoms with van der Waals surface area (Å²) in [6, 6.07) is 1.42. The van der Waals surface area contributed by atoms with Crippen LogP contribution < -0.4 is 4.72 Å². The van der Waals surface area contributed by atoms with Crippen LogP contribution in [-0.2, 0) is 10.0 Å². The van der Waals surface area contributed by atoms with Gasteiger partial charge in [0.05, 0.1) is 8.81 Å². The van der Waals surface area contributed by atoms with Gasteiger partial charge in [-0.15, -0.1) is 22.9 Å². The Labute approximate surface area is 124 Å². The van der Waals surface area contributed by atoms with Gasteiger partial charge >= 0.3 is 0 Å². The minimum Gasteiger partial charge on any atom is -0.210 e. The first-order chi connectivity index (χ1) is 7.68. The molecule has 0 aliphatic heterocycles. The first-order valence-corrected chi connectivity index (χ1v) is 8.69. The third-order valence-corrected chi connectivity index (χ3v) is 7.06. The van der Waals surface area contributed by atoms with E-state index in [0.717, 1.165) is 11.3 Å². The predicted octanol–water partition coefficient (Wildman–Crippen LogP) is 3.71. The first kappa shape index (κ1) is 15.7. The van der Waals surface area contributed by atoms with Crippen molar-refractivity contribution in [1.29, 1.82) is 0 Å². The molecule has 1 aromatic rings. The lowest BCUT2D eigenvalue weighted by Gasteiger charge is -2.21. The molecule has 17 heavy (non-hydrogen) atoms. The van der Waals surface area contributed by atoms with E-state index >= 15 is 0 Å². The van der Waals surface area contributed by atoms with Crippen molar-refractivity contribution in [1.82, 2.24) is 4.72 Å². The average molecular weight is 381 g/mol. The van der Waals surface area contributed by atoms with Crippen LogP contribution in [-0.4, -0.2) is 20.8 Å². The fraction of sp³-hybridized carbons (Fsp3) is 0.556. The fourth-order valence-corrected chi connectivity index (χ4v) is 4.65. The van der Waals surface area contributed by atoms with Crippen LogP contribution in [0.15, 0.2) is 14.1 Å². The maximum Gasteiger partial charge on any atom is 0.250 e. The molecule has 0 saturated carbocycles. The van der Waals surface area contributed by atoms with Crippen LogP contribution in [0, 0.1) is 5.41 Å². The third kappa shape index (κ3) is 4.36. The van der Waals surface area contributed by atoms with Gasteiger partial charge < -0.3 is 0 Å². The zero-order valence-corrected chi connectivity index (χ0v) is 14.0. The molecule has 1 N–H and O–H groups in total. The third-order valence-electron chi connectivity index (χ3n) is 1.99. The van der Waals surface area contributed by atoms with Gasteiger partial charge in [-0.2, -0.15) is 0 Å². The van der Waals surface area contributed by atoms with Crippen molar-refractivity contribution < 1.29 is 8.42 Å². The van der Waals surface area contributed by atoms with Crippen molar-refractivity contribution in [2.45, 2.75) is 18.1 Å². The molecule has 0 aromatic carbocycles. The number of alkyl halides is 1. The molecular formula is C9H12BrCl2NO2S2. The maximum atomic E-state index is 11.9. The van der Waals surface area contributed by atoms with E-state index < -0.39 is 10.0 Å². The largest absolute Gasteiger partial charge is 0.250 e. The Bertz CT molecular complexity index is 480. The summed E-state index contributed by atoms with van der Waals surface area (Å²) in [5.74, 6) is 0.379. The van der Waals surface area contributed by atoms with Crippen LogP contribution >= 0.6 is 50.5 Å². The Morgan fingerprint density at radius 2 is 2.12 bits per heavy atom. The SMILES string of the molecule is CC(C)(CCl)CNS(=O)(=O)c1cc(Cl)c(Br)s1. The molecule has 0 atom stereocenters. The van der Waals surface area contributed by atoms with Gasteiger partial charge in [0.15, 0.2) is 0 Å². The second-order valence-corrected chi connectivity index (χ2v) is 9.35. The van der Waals surface area contributed by atoms with E-state index in [4.69, 9.17) is 23.2 Å². The Morgan fingerprint density at radius 1 is 1.53 bits per heavy atom. The van der Waals surface area contributed by atoms with Gasteiger partial charge in [0.1, 0.15) is 4.21 Å². The van der Waals surface area contributed by atoms with Gasteiger partial charge in [-0.25, -0.2) is 13.1 Å². The average Bonchev–Trinajstić information content (AvgIpc) is 2.58. The molecule has 0 amide bonds. The monoisotopic (exact) mass is 379 g/mol. The molecule has 0 aliphatic rings. The lowest BCUT2D eigenvalue weighted by molar-refractivity contribution is 0.414. The van der Waals surface area contributed by atoms with Gasteiger partial charge in [0.2, 0.25) is 10.0 Å². The minimum atomic E-state index is -3.51. The summed E-state index contributed by atoms with van der Waals surface area (Å²) >= 11 is 15.8. The molecule has 0 saturated heterocycles. The quantitative estimate of drug-likeness (QED) is 0.791. The predicted molar refractivity (Wildman–Crippen MR) is 76.7 cm³/mol. The van der Waals surface area contributed by atoms with E-state index in [2.05, 4.69) is 20.7 Å². The van der Waals surface area contributed by atoms with E-state index in [1.54, 1.807) is 0 Å². The lowest BCUT2D eigenvalue weighted by Crippen LogP contribution is -2.34. The minimum absolute atomic E-state index is 0.194. The van der Waals surface area contributed by atoms with Gasteiger partial charge in [-0.3, -0.25) is 0 Å². The van der Waals surface area contributed by atoms with Crippen molar-refractivity contribution in [3.8, 4) is 0 Å². The first-order valence-electron chi connectivity index (χ1n) is 4.68. The zero-order chi connectivity index (χ0) is 13.3. The molecule has 98 valence electrons. The molecule has 0 unspecified atom stereocenters. The van der Waals surface area contributed by atoms with Crippen molar-refractivity contribution >= 4 is 60.5 Å². The second-order valence-electron chi connectivity index (χ2n) is 4.31. The van der Waals surface area contributed by atoms with E-state index in [-0.39, 0.29) is 16.2 Å². The highest BCUT2D eigenvalue weighted by atomic mass is 79.9. The smallest absolute Gasteiger partial charge is 0.210 e. The van der Waals surface area contributed by atoms with E-state index in [0.29, 0.717) is 14.7 Å². The zero-order valence-electron chi connectivity index (χ0n) is 9.26. The van der Waals surface area contributed by atoms with E-state index in [1.165, 1.54) is 6.07 Å². The highest BCUT2D eigenvalue weighted by molar-refractivity contribution is 9.11. The summed E-state index contributed by atoms with van der Waals surface area (Å²) in [7, 11) is -3.51. The van der Waals surface area contributed by atoms with Crippen molar-refractivity contribution in [2.75, 3.05) is 12.4 Å². The van der Waals surface area contributed by atoms with Gasteiger partial charge in [0.25, 0.3) is 0 Å². The van der Waals surface area contributed by atoms with E-state index in [1.807, 2.05) is 13.8 Å². The molecule has 0 radical (unpaired) electrons. The molecule has 8 heteroatoms. The van der Waals surface area contributed by atoms with Crippen LogP contribution in [0.1, 0.15) is 13.8 Å². The highest BCUT2D eigenvalue weighted by Crippen LogP contribution is 2.34. The summed E-state index contributed by atoms with van der Waals surface area (Å²) in [4.78, 5) is 0.